The lowest BCUT2D eigenvalue weighted by Gasteiger charge is -2.14. The molecule has 0 aliphatic heterocycles. The van der Waals surface area contributed by atoms with Gasteiger partial charge in [0.15, 0.2) is 0 Å². The van der Waals surface area contributed by atoms with Gasteiger partial charge in [0.1, 0.15) is 11.5 Å². The third-order valence-electron chi connectivity index (χ3n) is 3.14. The van der Waals surface area contributed by atoms with Gasteiger partial charge in [0.05, 0.1) is 0 Å². The standard InChI is InChI=1S/C16H18ClNOS/c1-3-11-9-12(7-8-14(11)17)19-15-5-4-6-16(20-2)13(15)10-18/h4-9H,3,10,18H2,1-2H3. The third kappa shape index (κ3) is 3.29. The molecule has 0 unspecified atom stereocenters. The molecule has 2 aromatic carbocycles. The SMILES string of the molecule is CCc1cc(Oc2cccc(SC)c2CN)ccc1Cl. The van der Waals surface area contributed by atoms with Crippen LogP contribution >= 0.6 is 23.4 Å². The smallest absolute Gasteiger partial charge is 0.133 e. The molecule has 0 heterocycles. The van der Waals surface area contributed by atoms with E-state index in [1.807, 2.05) is 36.6 Å². The summed E-state index contributed by atoms with van der Waals surface area (Å²) in [4.78, 5) is 1.15. The Labute approximate surface area is 129 Å². The van der Waals surface area contributed by atoms with Crippen LogP contribution in [0.15, 0.2) is 41.3 Å². The highest BCUT2D eigenvalue weighted by Gasteiger charge is 2.09. The van der Waals surface area contributed by atoms with E-state index < -0.39 is 0 Å². The topological polar surface area (TPSA) is 35.2 Å². The van der Waals surface area contributed by atoms with Crippen molar-refractivity contribution in [2.75, 3.05) is 6.26 Å². The van der Waals surface area contributed by atoms with E-state index in [1.165, 1.54) is 0 Å². The summed E-state index contributed by atoms with van der Waals surface area (Å²) in [5, 5.41) is 0.775. The molecule has 0 aromatic heterocycles. The van der Waals surface area contributed by atoms with Crippen LogP contribution in [0, 0.1) is 0 Å². The molecule has 106 valence electrons. The Morgan fingerprint density at radius 2 is 2.05 bits per heavy atom. The Bertz CT molecular complexity index is 601. The summed E-state index contributed by atoms with van der Waals surface area (Å²) < 4.78 is 5.99. The van der Waals surface area contributed by atoms with Gasteiger partial charge in [0.25, 0.3) is 0 Å². The minimum atomic E-state index is 0.459. The number of hydrogen-bond acceptors (Lipinski definition) is 3. The minimum absolute atomic E-state index is 0.459. The van der Waals surface area contributed by atoms with Gasteiger partial charge in [0, 0.05) is 22.0 Å². The Balaban J connectivity index is 2.34. The van der Waals surface area contributed by atoms with E-state index in [0.717, 1.165) is 39.0 Å². The summed E-state index contributed by atoms with van der Waals surface area (Å²) in [6.45, 7) is 2.53. The van der Waals surface area contributed by atoms with Crippen LogP contribution in [0.3, 0.4) is 0 Å². The van der Waals surface area contributed by atoms with Crippen LogP contribution < -0.4 is 10.5 Å². The number of hydrogen-bond donors (Lipinski definition) is 1. The second kappa shape index (κ2) is 7.02. The zero-order valence-corrected chi connectivity index (χ0v) is 13.2. The molecule has 0 saturated carbocycles. The molecule has 0 amide bonds. The largest absolute Gasteiger partial charge is 0.457 e. The maximum atomic E-state index is 6.13. The Kier molecular flexibility index (Phi) is 5.35. The number of thioether (sulfide) groups is 1. The van der Waals surface area contributed by atoms with Gasteiger partial charge >= 0.3 is 0 Å². The predicted octanol–water partition coefficient (Wildman–Crippen LogP) is 4.88. The quantitative estimate of drug-likeness (QED) is 0.800. The lowest BCUT2D eigenvalue weighted by Crippen LogP contribution is -2.01. The Hall–Kier alpha value is -1.16. The molecule has 0 saturated heterocycles. The first-order valence-electron chi connectivity index (χ1n) is 6.51. The number of ether oxygens (including phenoxy) is 1. The van der Waals surface area contributed by atoms with E-state index >= 15 is 0 Å². The van der Waals surface area contributed by atoms with Crippen molar-refractivity contribution in [3.05, 3.63) is 52.5 Å². The molecular formula is C16H18ClNOS. The summed E-state index contributed by atoms with van der Waals surface area (Å²) >= 11 is 7.80. The molecular weight excluding hydrogens is 290 g/mol. The summed E-state index contributed by atoms with van der Waals surface area (Å²) in [5.74, 6) is 1.60. The molecule has 2 nitrogen and oxygen atoms in total. The fourth-order valence-electron chi connectivity index (χ4n) is 2.05. The van der Waals surface area contributed by atoms with Crippen molar-refractivity contribution < 1.29 is 4.74 Å². The molecule has 0 aliphatic rings. The van der Waals surface area contributed by atoms with Crippen LogP contribution in [0.4, 0.5) is 0 Å². The maximum absolute atomic E-state index is 6.13. The van der Waals surface area contributed by atoms with Crippen molar-refractivity contribution in [1.29, 1.82) is 0 Å². The number of aryl methyl sites for hydroxylation is 1. The van der Waals surface area contributed by atoms with Gasteiger partial charge in [-0.2, -0.15) is 0 Å². The van der Waals surface area contributed by atoms with Crippen molar-refractivity contribution in [3.8, 4) is 11.5 Å². The first-order chi connectivity index (χ1) is 9.69. The zero-order valence-electron chi connectivity index (χ0n) is 11.7. The van der Waals surface area contributed by atoms with Crippen LogP contribution in [-0.2, 0) is 13.0 Å². The van der Waals surface area contributed by atoms with Crippen molar-refractivity contribution in [3.63, 3.8) is 0 Å². The van der Waals surface area contributed by atoms with Crippen LogP contribution in [-0.4, -0.2) is 6.26 Å². The summed E-state index contributed by atoms with van der Waals surface area (Å²) in [5.41, 5.74) is 7.96. The van der Waals surface area contributed by atoms with Crippen LogP contribution in [0.5, 0.6) is 11.5 Å². The fraction of sp³-hybridized carbons (Fsp3) is 0.250. The fourth-order valence-corrected chi connectivity index (χ4v) is 2.94. The van der Waals surface area contributed by atoms with E-state index in [0.29, 0.717) is 6.54 Å². The second-order valence-corrected chi connectivity index (χ2v) is 5.61. The van der Waals surface area contributed by atoms with Crippen molar-refractivity contribution in [2.45, 2.75) is 24.8 Å². The highest BCUT2D eigenvalue weighted by molar-refractivity contribution is 7.98. The molecule has 0 aliphatic carbocycles. The average molecular weight is 308 g/mol. The monoisotopic (exact) mass is 307 g/mol. The van der Waals surface area contributed by atoms with Gasteiger partial charge < -0.3 is 10.5 Å². The summed E-state index contributed by atoms with van der Waals surface area (Å²) in [6, 6.07) is 11.7. The van der Waals surface area contributed by atoms with E-state index in [2.05, 4.69) is 13.0 Å². The van der Waals surface area contributed by atoms with Gasteiger partial charge in [-0.15, -0.1) is 11.8 Å². The number of halogens is 1. The minimum Gasteiger partial charge on any atom is -0.457 e. The van der Waals surface area contributed by atoms with Gasteiger partial charge in [-0.3, -0.25) is 0 Å². The van der Waals surface area contributed by atoms with Crippen LogP contribution in [0.25, 0.3) is 0 Å². The molecule has 20 heavy (non-hydrogen) atoms. The molecule has 0 spiro atoms. The average Bonchev–Trinajstić information content (AvgIpc) is 2.48. The Morgan fingerprint density at radius 1 is 1.25 bits per heavy atom. The van der Waals surface area contributed by atoms with E-state index in [9.17, 15) is 0 Å². The molecule has 0 bridgehead atoms. The van der Waals surface area contributed by atoms with Crippen molar-refractivity contribution in [1.82, 2.24) is 0 Å². The maximum Gasteiger partial charge on any atom is 0.133 e. The first-order valence-corrected chi connectivity index (χ1v) is 8.12. The molecule has 4 heteroatoms. The lowest BCUT2D eigenvalue weighted by molar-refractivity contribution is 0.473. The van der Waals surface area contributed by atoms with Crippen LogP contribution in [0.2, 0.25) is 5.02 Å². The third-order valence-corrected chi connectivity index (χ3v) is 4.33. The lowest BCUT2D eigenvalue weighted by atomic mass is 10.1. The van der Waals surface area contributed by atoms with Crippen LogP contribution in [0.1, 0.15) is 18.1 Å². The normalized spacial score (nSPS) is 10.6. The predicted molar refractivity (Wildman–Crippen MR) is 87.0 cm³/mol. The van der Waals surface area contributed by atoms with Gasteiger partial charge in [-0.1, -0.05) is 24.6 Å². The highest BCUT2D eigenvalue weighted by atomic mass is 35.5. The van der Waals surface area contributed by atoms with E-state index in [1.54, 1.807) is 11.8 Å². The molecule has 0 fully saturated rings. The highest BCUT2D eigenvalue weighted by Crippen LogP contribution is 2.33. The van der Waals surface area contributed by atoms with E-state index in [4.69, 9.17) is 22.1 Å². The number of benzene rings is 2. The second-order valence-electron chi connectivity index (χ2n) is 4.35. The first kappa shape index (κ1) is 15.2. The molecule has 2 rings (SSSR count). The molecule has 2 aromatic rings. The van der Waals surface area contributed by atoms with Crippen molar-refractivity contribution in [2.24, 2.45) is 5.73 Å². The van der Waals surface area contributed by atoms with Gasteiger partial charge in [-0.05, 0) is 48.6 Å². The zero-order chi connectivity index (χ0) is 14.5. The number of nitrogens with two attached hydrogens (primary N) is 1. The molecule has 2 N–H and O–H groups in total. The number of rotatable bonds is 5. The molecule has 0 radical (unpaired) electrons. The Morgan fingerprint density at radius 3 is 2.70 bits per heavy atom. The van der Waals surface area contributed by atoms with E-state index in [-0.39, 0.29) is 0 Å². The summed E-state index contributed by atoms with van der Waals surface area (Å²) in [7, 11) is 0. The summed E-state index contributed by atoms with van der Waals surface area (Å²) in [6.07, 6.45) is 2.92. The molecule has 0 atom stereocenters. The van der Waals surface area contributed by atoms with Gasteiger partial charge in [-0.25, -0.2) is 0 Å². The van der Waals surface area contributed by atoms with Crippen molar-refractivity contribution >= 4 is 23.4 Å². The van der Waals surface area contributed by atoms with Gasteiger partial charge in [0.2, 0.25) is 0 Å².